The Kier molecular flexibility index (Phi) is 5.78. The summed E-state index contributed by atoms with van der Waals surface area (Å²) in [6.07, 6.45) is 12.4. The largest absolute Gasteiger partial charge is 0.349 e. The number of aromatic amines is 1. The molecule has 192 valence electrons. The average Bonchev–Trinajstić information content (AvgIpc) is 3.34. The molecule has 1 aromatic heterocycles. The normalized spacial score (nSPS) is 28.9. The Morgan fingerprint density at radius 1 is 0.757 bits per heavy atom. The van der Waals surface area contributed by atoms with Gasteiger partial charge in [-0.1, -0.05) is 31.4 Å². The second-order valence-corrected chi connectivity index (χ2v) is 12.1. The number of fused-ring (bicyclic) bond motifs is 1. The van der Waals surface area contributed by atoms with Crippen molar-refractivity contribution in [2.24, 2.45) is 23.7 Å². The van der Waals surface area contributed by atoms with Crippen molar-refractivity contribution < 1.29 is 9.59 Å². The van der Waals surface area contributed by atoms with Crippen LogP contribution in [0.2, 0.25) is 0 Å². The molecule has 0 radical (unpaired) electrons. The lowest BCUT2D eigenvalue weighted by molar-refractivity contribution is -0.0119. The van der Waals surface area contributed by atoms with E-state index in [2.05, 4.69) is 15.6 Å². The summed E-state index contributed by atoms with van der Waals surface area (Å²) in [5.74, 6) is 3.92. The lowest BCUT2D eigenvalue weighted by atomic mass is 9.54. The summed E-state index contributed by atoms with van der Waals surface area (Å²) in [7, 11) is 0. The molecule has 5 saturated carbocycles. The van der Waals surface area contributed by atoms with E-state index < -0.39 is 0 Å². The number of H-pyrrole nitrogens is 1. The van der Waals surface area contributed by atoms with Gasteiger partial charge in [0, 0.05) is 28.8 Å². The van der Waals surface area contributed by atoms with Crippen molar-refractivity contribution in [3.05, 3.63) is 53.6 Å². The third-order valence-corrected chi connectivity index (χ3v) is 9.63. The van der Waals surface area contributed by atoms with Crippen LogP contribution >= 0.6 is 0 Å². The van der Waals surface area contributed by atoms with Gasteiger partial charge in [0.2, 0.25) is 0 Å². The third kappa shape index (κ3) is 4.45. The predicted octanol–water partition coefficient (Wildman–Crippen LogP) is 5.85. The van der Waals surface area contributed by atoms with Gasteiger partial charge < -0.3 is 15.6 Å². The van der Waals surface area contributed by atoms with E-state index in [4.69, 9.17) is 4.98 Å². The minimum Gasteiger partial charge on any atom is -0.349 e. The summed E-state index contributed by atoms with van der Waals surface area (Å²) in [5.41, 5.74) is 3.96. The monoisotopic (exact) mass is 496 g/mol. The number of nitrogens with zero attached hydrogens (tertiary/aromatic N) is 1. The second-order valence-electron chi connectivity index (χ2n) is 12.1. The van der Waals surface area contributed by atoms with Gasteiger partial charge >= 0.3 is 0 Å². The maximum atomic E-state index is 13.1. The van der Waals surface area contributed by atoms with Crippen LogP contribution in [-0.4, -0.2) is 33.9 Å². The molecule has 6 nitrogen and oxygen atoms in total. The molecule has 8 rings (SSSR count). The van der Waals surface area contributed by atoms with Crippen LogP contribution in [0.1, 0.15) is 84.9 Å². The lowest BCUT2D eigenvalue weighted by Gasteiger charge is -2.54. The highest BCUT2D eigenvalue weighted by Gasteiger charge is 2.48. The molecular formula is C31H36N4O2. The third-order valence-electron chi connectivity index (χ3n) is 9.63. The minimum absolute atomic E-state index is 0.0144. The van der Waals surface area contributed by atoms with Gasteiger partial charge in [-0.3, -0.25) is 9.59 Å². The molecule has 0 unspecified atom stereocenters. The highest BCUT2D eigenvalue weighted by molar-refractivity contribution is 5.98. The summed E-state index contributed by atoms with van der Waals surface area (Å²) < 4.78 is 0. The zero-order valence-electron chi connectivity index (χ0n) is 21.3. The maximum absolute atomic E-state index is 13.1. The first-order chi connectivity index (χ1) is 18.1. The number of rotatable bonds is 5. The van der Waals surface area contributed by atoms with E-state index in [1.165, 1.54) is 51.4 Å². The SMILES string of the molecule is O=C(NC1CCCCC1)c1ccc2nc(-c3ccc(C(=O)NC4C5CC6CC(C5)CC4C6)cc3)[nH]c2c1. The zero-order chi connectivity index (χ0) is 24.9. The van der Waals surface area contributed by atoms with E-state index in [1.807, 2.05) is 42.5 Å². The Bertz CT molecular complexity index is 1290. The Morgan fingerprint density at radius 3 is 2.11 bits per heavy atom. The highest BCUT2D eigenvalue weighted by atomic mass is 16.2. The molecular weight excluding hydrogens is 460 g/mol. The summed E-state index contributed by atoms with van der Waals surface area (Å²) in [6, 6.07) is 14.0. The Balaban J connectivity index is 1.03. The number of imidazole rings is 1. The van der Waals surface area contributed by atoms with Gasteiger partial charge in [-0.15, -0.1) is 0 Å². The van der Waals surface area contributed by atoms with Crippen LogP contribution in [0.3, 0.4) is 0 Å². The number of carbonyl (C=O) groups excluding carboxylic acids is 2. The summed E-state index contributed by atoms with van der Waals surface area (Å²) in [5, 5.41) is 6.59. The van der Waals surface area contributed by atoms with Crippen molar-refractivity contribution in [2.45, 2.75) is 76.3 Å². The van der Waals surface area contributed by atoms with E-state index in [-0.39, 0.29) is 17.9 Å². The summed E-state index contributed by atoms with van der Waals surface area (Å²) >= 11 is 0. The fourth-order valence-corrected chi connectivity index (χ4v) is 7.98. The van der Waals surface area contributed by atoms with Crippen molar-refractivity contribution >= 4 is 22.8 Å². The molecule has 5 aliphatic carbocycles. The first kappa shape index (κ1) is 23.0. The Morgan fingerprint density at radius 2 is 1.41 bits per heavy atom. The smallest absolute Gasteiger partial charge is 0.251 e. The molecule has 0 saturated heterocycles. The van der Waals surface area contributed by atoms with E-state index in [1.54, 1.807) is 0 Å². The molecule has 2 amide bonds. The number of aromatic nitrogens is 2. The van der Waals surface area contributed by atoms with Crippen LogP contribution in [0.15, 0.2) is 42.5 Å². The summed E-state index contributed by atoms with van der Waals surface area (Å²) in [6.45, 7) is 0. The Labute approximate surface area is 218 Å². The van der Waals surface area contributed by atoms with Crippen molar-refractivity contribution in [3.63, 3.8) is 0 Å². The van der Waals surface area contributed by atoms with Crippen molar-refractivity contribution in [2.75, 3.05) is 0 Å². The number of hydrogen-bond acceptors (Lipinski definition) is 3. The molecule has 4 bridgehead atoms. The lowest BCUT2D eigenvalue weighted by Crippen LogP contribution is -2.55. The first-order valence-corrected chi connectivity index (χ1v) is 14.3. The number of hydrogen-bond donors (Lipinski definition) is 3. The number of carbonyl (C=O) groups is 2. The Hall–Kier alpha value is -3.15. The topological polar surface area (TPSA) is 86.9 Å². The van der Waals surface area contributed by atoms with Crippen LogP contribution < -0.4 is 10.6 Å². The first-order valence-electron chi connectivity index (χ1n) is 14.3. The molecule has 1 heterocycles. The number of amides is 2. The molecule has 3 N–H and O–H groups in total. The molecule has 3 aromatic rings. The van der Waals surface area contributed by atoms with Gasteiger partial charge in [-0.2, -0.15) is 0 Å². The molecule has 0 atom stereocenters. The van der Waals surface area contributed by atoms with E-state index in [0.717, 1.165) is 47.1 Å². The van der Waals surface area contributed by atoms with Gasteiger partial charge in [-0.25, -0.2) is 4.98 Å². The zero-order valence-corrected chi connectivity index (χ0v) is 21.3. The molecule has 37 heavy (non-hydrogen) atoms. The standard InChI is InChI=1S/C31H36N4O2/c36-30(35-28-23-13-18-12-19(15-23)16-24(28)14-18)21-8-6-20(7-9-21)29-33-26-11-10-22(17-27(26)34-29)31(37)32-25-4-2-1-3-5-25/h6-11,17-19,23-25,28H,1-5,12-16H2,(H,32,37)(H,33,34)(H,35,36). The van der Waals surface area contributed by atoms with Crippen LogP contribution in [0.5, 0.6) is 0 Å². The molecule has 0 aliphatic heterocycles. The van der Waals surface area contributed by atoms with E-state index in [9.17, 15) is 9.59 Å². The van der Waals surface area contributed by atoms with Gasteiger partial charge in [0.25, 0.3) is 11.8 Å². The second kappa shape index (κ2) is 9.30. The van der Waals surface area contributed by atoms with Crippen molar-refractivity contribution in [3.8, 4) is 11.4 Å². The molecule has 5 aliphatic rings. The van der Waals surface area contributed by atoms with Crippen LogP contribution in [-0.2, 0) is 0 Å². The maximum Gasteiger partial charge on any atom is 0.251 e. The van der Waals surface area contributed by atoms with Crippen LogP contribution in [0.4, 0.5) is 0 Å². The van der Waals surface area contributed by atoms with Gasteiger partial charge in [0.05, 0.1) is 11.0 Å². The van der Waals surface area contributed by atoms with Crippen LogP contribution in [0, 0.1) is 23.7 Å². The average molecular weight is 497 g/mol. The van der Waals surface area contributed by atoms with E-state index >= 15 is 0 Å². The fraction of sp³-hybridized carbons (Fsp3) is 0.516. The highest BCUT2D eigenvalue weighted by Crippen LogP contribution is 2.53. The predicted molar refractivity (Wildman–Crippen MR) is 144 cm³/mol. The molecule has 5 fully saturated rings. The van der Waals surface area contributed by atoms with Crippen molar-refractivity contribution in [1.29, 1.82) is 0 Å². The van der Waals surface area contributed by atoms with Gasteiger partial charge in [0.1, 0.15) is 5.82 Å². The van der Waals surface area contributed by atoms with Gasteiger partial charge in [-0.05, 0) is 98.9 Å². The number of nitrogens with one attached hydrogen (secondary N) is 3. The fourth-order valence-electron chi connectivity index (χ4n) is 7.98. The minimum atomic E-state index is -0.0144. The van der Waals surface area contributed by atoms with Gasteiger partial charge in [0.15, 0.2) is 0 Å². The van der Waals surface area contributed by atoms with Crippen molar-refractivity contribution in [1.82, 2.24) is 20.6 Å². The summed E-state index contributed by atoms with van der Waals surface area (Å²) in [4.78, 5) is 34.0. The quantitative estimate of drug-likeness (QED) is 0.414. The van der Waals surface area contributed by atoms with Crippen LogP contribution in [0.25, 0.3) is 22.4 Å². The van der Waals surface area contributed by atoms with E-state index in [0.29, 0.717) is 29.0 Å². The molecule has 6 heteroatoms. The number of benzene rings is 2. The molecule has 2 aromatic carbocycles. The molecule has 0 spiro atoms.